The summed E-state index contributed by atoms with van der Waals surface area (Å²) in [5.74, 6) is 4.90. The highest BCUT2D eigenvalue weighted by Gasteiger charge is 2.10. The van der Waals surface area contributed by atoms with Gasteiger partial charge < -0.3 is 0 Å². The van der Waals surface area contributed by atoms with Crippen LogP contribution < -0.4 is 0 Å². The number of unbranched alkanes of at least 4 members (excludes halogenated alkanes) is 15. The van der Waals surface area contributed by atoms with E-state index >= 15 is 0 Å². The predicted octanol–water partition coefficient (Wildman–Crippen LogP) is 21.9. The number of hydrogen-bond donors (Lipinski definition) is 0. The monoisotopic (exact) mass is 1120 g/mol. The molecule has 8 atom stereocenters. The molecule has 0 saturated heterocycles. The lowest BCUT2D eigenvalue weighted by Gasteiger charge is -2.04. The molecule has 0 aromatic heterocycles. The third kappa shape index (κ3) is 86.8. The number of Topliss-reactive ketones (excluding diaryl/α,β-unsaturated/α-hetero) is 8. The topological polar surface area (TPSA) is 137 Å². The highest BCUT2D eigenvalue weighted by Crippen LogP contribution is 2.14. The maximum absolute atomic E-state index is 10.7. The molecule has 0 aliphatic heterocycles. The molecular formula is C71H142O8. The molecule has 0 spiro atoms. The smallest absolute Gasteiger partial charge is 0.132 e. The molecule has 0 N–H and O–H groups in total. The van der Waals surface area contributed by atoms with Crippen LogP contribution in [-0.2, 0) is 38.4 Å². The van der Waals surface area contributed by atoms with Crippen LogP contribution in [0.5, 0.6) is 0 Å². The van der Waals surface area contributed by atoms with Gasteiger partial charge >= 0.3 is 0 Å². The number of carbonyl (C=O) groups is 8. The number of rotatable bonds is 39. The Hall–Kier alpha value is -2.64. The van der Waals surface area contributed by atoms with Crippen molar-refractivity contribution in [2.45, 2.75) is 365 Å². The van der Waals surface area contributed by atoms with Crippen LogP contribution in [0.4, 0.5) is 0 Å². The first-order valence-corrected chi connectivity index (χ1v) is 33.0. The van der Waals surface area contributed by atoms with Gasteiger partial charge in [0.1, 0.15) is 46.3 Å². The van der Waals surface area contributed by atoms with E-state index in [-0.39, 0.29) is 47.3 Å². The second kappa shape index (κ2) is 71.5. The zero-order valence-electron chi connectivity index (χ0n) is 57.8. The van der Waals surface area contributed by atoms with Crippen molar-refractivity contribution < 1.29 is 38.4 Å². The fraction of sp³-hybridized carbons (Fsp3) is 0.887. The molecule has 0 fully saturated rings. The molecule has 0 radical (unpaired) electrons. The zero-order chi connectivity index (χ0) is 63.2. The summed E-state index contributed by atoms with van der Waals surface area (Å²) >= 11 is 0. The molecule has 0 aromatic carbocycles. The molecule has 0 bridgehead atoms. The molecule has 474 valence electrons. The lowest BCUT2D eigenvalue weighted by atomic mass is 10.0. The molecule has 0 saturated carbocycles. The minimum absolute atomic E-state index is 0.282. The van der Waals surface area contributed by atoms with Gasteiger partial charge in [-0.05, 0) is 107 Å². The summed E-state index contributed by atoms with van der Waals surface area (Å²) in [5, 5.41) is 0. The summed E-state index contributed by atoms with van der Waals surface area (Å²) in [6.07, 6.45) is 36.9. The first-order chi connectivity index (χ1) is 36.9. The second-order valence-electron chi connectivity index (χ2n) is 23.7. The van der Waals surface area contributed by atoms with E-state index in [0.717, 1.165) is 51.4 Å². The van der Waals surface area contributed by atoms with E-state index < -0.39 is 0 Å². The van der Waals surface area contributed by atoms with Gasteiger partial charge in [-0.2, -0.15) is 0 Å². The summed E-state index contributed by atoms with van der Waals surface area (Å²) in [6.45, 7) is 46.9. The fourth-order valence-electron chi connectivity index (χ4n) is 7.04. The summed E-state index contributed by atoms with van der Waals surface area (Å²) in [4.78, 5) is 85.8. The third-order valence-electron chi connectivity index (χ3n) is 15.2. The van der Waals surface area contributed by atoms with Crippen LogP contribution in [-0.4, -0.2) is 46.3 Å². The van der Waals surface area contributed by atoms with Crippen LogP contribution in [0, 0.1) is 47.3 Å². The highest BCUT2D eigenvalue weighted by atomic mass is 16.2. The quantitative estimate of drug-likeness (QED) is 0.0555. The van der Waals surface area contributed by atoms with Gasteiger partial charge in [-0.1, -0.05) is 258 Å². The van der Waals surface area contributed by atoms with E-state index in [9.17, 15) is 38.4 Å². The Kier molecular flexibility index (Phi) is 83.9. The van der Waals surface area contributed by atoms with E-state index in [1.54, 1.807) is 55.4 Å². The molecule has 0 aromatic rings. The van der Waals surface area contributed by atoms with Crippen molar-refractivity contribution >= 4 is 46.3 Å². The lowest BCUT2D eigenvalue weighted by molar-refractivity contribution is -0.121. The molecule has 8 heteroatoms. The van der Waals surface area contributed by atoms with Crippen LogP contribution in [0.15, 0.2) is 0 Å². The van der Waals surface area contributed by atoms with Gasteiger partial charge in [0, 0.05) is 47.3 Å². The zero-order valence-corrected chi connectivity index (χ0v) is 57.8. The molecular weight excluding hydrogens is 981 g/mol. The molecule has 0 heterocycles. The maximum atomic E-state index is 10.7. The Morgan fingerprint density at radius 2 is 0.266 bits per heavy atom. The second-order valence-corrected chi connectivity index (χ2v) is 23.7. The van der Waals surface area contributed by atoms with Crippen LogP contribution in [0.1, 0.15) is 365 Å². The normalized spacial score (nSPS) is 13.1. The predicted molar refractivity (Wildman–Crippen MR) is 347 cm³/mol. The van der Waals surface area contributed by atoms with Crippen molar-refractivity contribution in [3.8, 4) is 0 Å². The Labute approximate surface area is 495 Å². The summed E-state index contributed by atoms with van der Waals surface area (Å²) in [5.41, 5.74) is 0. The minimum atomic E-state index is 0.282. The van der Waals surface area contributed by atoms with E-state index in [1.165, 1.54) is 148 Å². The van der Waals surface area contributed by atoms with Crippen molar-refractivity contribution in [1.29, 1.82) is 0 Å². The van der Waals surface area contributed by atoms with Crippen molar-refractivity contribution in [1.82, 2.24) is 0 Å². The van der Waals surface area contributed by atoms with Crippen LogP contribution >= 0.6 is 0 Å². The molecule has 0 aliphatic carbocycles. The average Bonchev–Trinajstić information content (AvgIpc) is 3.39. The van der Waals surface area contributed by atoms with Gasteiger partial charge in [-0.15, -0.1) is 0 Å². The van der Waals surface area contributed by atoms with Gasteiger partial charge in [0.2, 0.25) is 0 Å². The van der Waals surface area contributed by atoms with E-state index in [4.69, 9.17) is 0 Å². The first kappa shape index (κ1) is 92.8. The van der Waals surface area contributed by atoms with Crippen molar-refractivity contribution in [2.75, 3.05) is 0 Å². The number of hydrogen-bond acceptors (Lipinski definition) is 8. The fourth-order valence-corrected chi connectivity index (χ4v) is 7.04. The Morgan fingerprint density at radius 3 is 0.342 bits per heavy atom. The van der Waals surface area contributed by atoms with Gasteiger partial charge in [-0.3, -0.25) is 38.4 Å². The van der Waals surface area contributed by atoms with Gasteiger partial charge in [0.25, 0.3) is 0 Å². The van der Waals surface area contributed by atoms with E-state index in [1.807, 2.05) is 55.4 Å². The Morgan fingerprint density at radius 1 is 0.177 bits per heavy atom. The Bertz CT molecular complexity index is 1130. The van der Waals surface area contributed by atoms with Gasteiger partial charge in [0.05, 0.1) is 0 Å². The summed E-state index contributed by atoms with van der Waals surface area (Å²) in [7, 11) is 0. The van der Waals surface area contributed by atoms with Crippen molar-refractivity contribution in [3.63, 3.8) is 0 Å². The highest BCUT2D eigenvalue weighted by molar-refractivity contribution is 5.80. The first-order valence-electron chi connectivity index (χ1n) is 33.0. The SMILES string of the molecule is CCCCC[C@@H](C)C(C)=O.CCCCC[C@@H](C)C(C)=O.CCCCC[C@@H](C)C(C)=O.CCCCC[C@@H](C)C(C)=O.CCCCC[C@@H](C)C(C)=O.CCCCC[C@@H](C)C(C)=O.CCCCC[C@@H](C)C(C)=O.CCCC[C@@H](C)C(C)=O. The molecule has 0 unspecified atom stereocenters. The van der Waals surface area contributed by atoms with Crippen molar-refractivity contribution in [3.05, 3.63) is 0 Å². The molecule has 0 aliphatic rings. The van der Waals surface area contributed by atoms with Gasteiger partial charge in [-0.25, -0.2) is 0 Å². The average molecular weight is 1120 g/mol. The van der Waals surface area contributed by atoms with Crippen LogP contribution in [0.3, 0.4) is 0 Å². The third-order valence-corrected chi connectivity index (χ3v) is 15.2. The van der Waals surface area contributed by atoms with E-state index in [0.29, 0.717) is 46.3 Å². The molecule has 79 heavy (non-hydrogen) atoms. The summed E-state index contributed by atoms with van der Waals surface area (Å²) < 4.78 is 0. The molecule has 0 rings (SSSR count). The van der Waals surface area contributed by atoms with Gasteiger partial charge in [0.15, 0.2) is 0 Å². The summed E-state index contributed by atoms with van der Waals surface area (Å²) in [6, 6.07) is 0. The maximum Gasteiger partial charge on any atom is 0.132 e. The largest absolute Gasteiger partial charge is 0.300 e. The number of ketones is 8. The van der Waals surface area contributed by atoms with Crippen molar-refractivity contribution in [2.24, 2.45) is 47.3 Å². The number of carbonyl (C=O) groups excluding carboxylic acids is 8. The van der Waals surface area contributed by atoms with Crippen LogP contribution in [0.25, 0.3) is 0 Å². The molecule has 0 amide bonds. The Balaban J connectivity index is -0.000000122. The van der Waals surface area contributed by atoms with Crippen LogP contribution in [0.2, 0.25) is 0 Å². The minimum Gasteiger partial charge on any atom is -0.300 e. The molecule has 8 nitrogen and oxygen atoms in total. The van der Waals surface area contributed by atoms with E-state index in [2.05, 4.69) is 55.4 Å². The lowest BCUT2D eigenvalue weighted by Crippen LogP contribution is -2.05. The standard InChI is InChI=1S/7C9H18O.C8H16O/c7*1-4-5-6-7-8(2)9(3)10;1-4-5-6-7(2)8(3)9/h7*8H,4-7H2,1-3H3;7H,4-6H2,1-3H3/t7*8-;7-/m11111111/s1.